The van der Waals surface area contributed by atoms with Gasteiger partial charge in [0.1, 0.15) is 0 Å². The van der Waals surface area contributed by atoms with E-state index in [4.69, 9.17) is 0 Å². The Balaban J connectivity index is 0.00000288. The highest BCUT2D eigenvalue weighted by molar-refractivity contribution is 14.0. The van der Waals surface area contributed by atoms with Crippen molar-refractivity contribution in [1.29, 1.82) is 0 Å². The molecule has 2 heterocycles. The van der Waals surface area contributed by atoms with Gasteiger partial charge in [0.25, 0.3) is 0 Å². The molecule has 2 N–H and O–H groups in total. The van der Waals surface area contributed by atoms with Crippen molar-refractivity contribution < 1.29 is 0 Å². The fraction of sp³-hybridized carbons (Fsp3) is 0.529. The fourth-order valence-electron chi connectivity index (χ4n) is 2.56. The van der Waals surface area contributed by atoms with E-state index in [0.29, 0.717) is 0 Å². The average molecular weight is 461 g/mol. The molecule has 2 aromatic rings. The number of nitrogens with zero attached hydrogens (tertiary/aromatic N) is 3. The summed E-state index contributed by atoms with van der Waals surface area (Å²) < 4.78 is 1.95. The molecule has 0 radical (unpaired) electrons. The van der Waals surface area contributed by atoms with Gasteiger partial charge < -0.3 is 10.6 Å². The van der Waals surface area contributed by atoms with Crippen LogP contribution in [0, 0.1) is 13.8 Å². The number of aryl methyl sites for hydroxylation is 2. The van der Waals surface area contributed by atoms with Gasteiger partial charge in [-0.3, -0.25) is 9.67 Å². The number of hydrogen-bond acceptors (Lipinski definition) is 3. The van der Waals surface area contributed by atoms with Gasteiger partial charge in [0.15, 0.2) is 5.96 Å². The van der Waals surface area contributed by atoms with Gasteiger partial charge in [-0.2, -0.15) is 5.10 Å². The quantitative estimate of drug-likeness (QED) is 0.379. The summed E-state index contributed by atoms with van der Waals surface area (Å²) in [7, 11) is 2.00. The molecule has 0 unspecified atom stereocenters. The smallest absolute Gasteiger partial charge is 0.191 e. The van der Waals surface area contributed by atoms with Gasteiger partial charge in [-0.15, -0.1) is 35.3 Å². The number of halogens is 1. The minimum atomic E-state index is 0. The second-order valence-corrected chi connectivity index (χ2v) is 6.57. The summed E-state index contributed by atoms with van der Waals surface area (Å²) in [6.45, 7) is 8.82. The van der Waals surface area contributed by atoms with Crippen LogP contribution in [0.3, 0.4) is 0 Å². The third kappa shape index (κ3) is 6.08. The van der Waals surface area contributed by atoms with Gasteiger partial charge >= 0.3 is 0 Å². The number of aliphatic imine (C=N–C) groups is 1. The first kappa shape index (κ1) is 21.0. The molecule has 0 aliphatic heterocycles. The van der Waals surface area contributed by atoms with E-state index in [9.17, 15) is 0 Å². The Kier molecular flexibility index (Phi) is 9.35. The Bertz CT molecular complexity index is 634. The molecule has 0 aliphatic carbocycles. The van der Waals surface area contributed by atoms with Gasteiger partial charge in [-0.1, -0.05) is 6.07 Å². The van der Waals surface area contributed by atoms with Crippen molar-refractivity contribution in [2.75, 3.05) is 19.6 Å². The van der Waals surface area contributed by atoms with Crippen LogP contribution in [0.2, 0.25) is 0 Å². The topological polar surface area (TPSA) is 54.2 Å². The Morgan fingerprint density at radius 3 is 2.67 bits per heavy atom. The van der Waals surface area contributed by atoms with Crippen LogP contribution in [-0.2, 0) is 19.9 Å². The molecule has 0 aromatic carbocycles. The van der Waals surface area contributed by atoms with E-state index in [0.717, 1.165) is 44.1 Å². The first-order chi connectivity index (χ1) is 11.1. The predicted molar refractivity (Wildman–Crippen MR) is 114 cm³/mol. The molecule has 0 fully saturated rings. The molecule has 2 rings (SSSR count). The van der Waals surface area contributed by atoms with E-state index in [1.165, 1.54) is 16.1 Å². The third-order valence-electron chi connectivity index (χ3n) is 3.88. The minimum absolute atomic E-state index is 0. The molecule has 24 heavy (non-hydrogen) atoms. The molecule has 7 heteroatoms. The maximum absolute atomic E-state index is 4.65. The van der Waals surface area contributed by atoms with E-state index in [2.05, 4.69) is 59.0 Å². The first-order valence-corrected chi connectivity index (χ1v) is 9.03. The van der Waals surface area contributed by atoms with Crippen molar-refractivity contribution in [1.82, 2.24) is 20.4 Å². The monoisotopic (exact) mass is 461 g/mol. The lowest BCUT2D eigenvalue weighted by molar-refractivity contribution is 0.729. The zero-order valence-electron chi connectivity index (χ0n) is 14.9. The number of thiophene rings is 1. The standard InChI is InChI=1S/C17H27N5S.HI/c1-5-18-17(19-10-8-15-7-6-12-23-15)20-11-9-16-13(2)21-22(4)14(16)3;/h6-7,12H,5,8-11H2,1-4H3,(H2,18,19,20);1H. The highest BCUT2D eigenvalue weighted by Crippen LogP contribution is 2.12. The van der Waals surface area contributed by atoms with E-state index >= 15 is 0 Å². The number of nitrogens with one attached hydrogen (secondary N) is 2. The summed E-state index contributed by atoms with van der Waals surface area (Å²) in [5.41, 5.74) is 3.69. The van der Waals surface area contributed by atoms with E-state index in [1.54, 1.807) is 11.3 Å². The van der Waals surface area contributed by atoms with Crippen molar-refractivity contribution in [3.8, 4) is 0 Å². The molecule has 5 nitrogen and oxygen atoms in total. The SMILES string of the molecule is CCNC(=NCCc1cccs1)NCCc1c(C)nn(C)c1C.I. The molecular weight excluding hydrogens is 433 g/mol. The maximum atomic E-state index is 4.65. The lowest BCUT2D eigenvalue weighted by Gasteiger charge is -2.11. The van der Waals surface area contributed by atoms with Crippen LogP contribution in [-0.4, -0.2) is 35.4 Å². The molecule has 0 bridgehead atoms. The number of hydrogen-bond donors (Lipinski definition) is 2. The third-order valence-corrected chi connectivity index (χ3v) is 4.81. The second kappa shape index (κ2) is 10.7. The first-order valence-electron chi connectivity index (χ1n) is 8.15. The van der Waals surface area contributed by atoms with Crippen LogP contribution in [0.5, 0.6) is 0 Å². The minimum Gasteiger partial charge on any atom is -0.357 e. The van der Waals surface area contributed by atoms with Crippen molar-refractivity contribution >= 4 is 41.3 Å². The number of guanidine groups is 1. The van der Waals surface area contributed by atoms with Crippen LogP contribution < -0.4 is 10.6 Å². The summed E-state index contributed by atoms with van der Waals surface area (Å²) in [4.78, 5) is 6.03. The van der Waals surface area contributed by atoms with Crippen molar-refractivity contribution in [3.05, 3.63) is 39.3 Å². The van der Waals surface area contributed by atoms with Gasteiger partial charge in [-0.25, -0.2) is 0 Å². The molecule has 134 valence electrons. The van der Waals surface area contributed by atoms with Crippen molar-refractivity contribution in [2.24, 2.45) is 12.0 Å². The molecule has 0 saturated heterocycles. The Labute approximate surface area is 166 Å². The lowest BCUT2D eigenvalue weighted by atomic mass is 10.1. The zero-order valence-corrected chi connectivity index (χ0v) is 18.1. The molecule has 0 spiro atoms. The second-order valence-electron chi connectivity index (χ2n) is 5.54. The normalized spacial score (nSPS) is 11.2. The zero-order chi connectivity index (χ0) is 16.7. The Morgan fingerprint density at radius 2 is 2.08 bits per heavy atom. The van der Waals surface area contributed by atoms with Crippen LogP contribution in [0.1, 0.15) is 28.8 Å². The van der Waals surface area contributed by atoms with E-state index < -0.39 is 0 Å². The van der Waals surface area contributed by atoms with Gasteiger partial charge in [0.05, 0.1) is 5.69 Å². The average Bonchev–Trinajstić information content (AvgIpc) is 3.11. The highest BCUT2D eigenvalue weighted by atomic mass is 127. The van der Waals surface area contributed by atoms with E-state index in [1.807, 2.05) is 11.7 Å². The van der Waals surface area contributed by atoms with Crippen LogP contribution in [0.25, 0.3) is 0 Å². The largest absolute Gasteiger partial charge is 0.357 e. The van der Waals surface area contributed by atoms with Gasteiger partial charge in [-0.05, 0) is 44.2 Å². The maximum Gasteiger partial charge on any atom is 0.191 e. The van der Waals surface area contributed by atoms with Crippen LogP contribution >= 0.6 is 35.3 Å². The fourth-order valence-corrected chi connectivity index (χ4v) is 3.26. The molecular formula is C17H28IN5S. The summed E-state index contributed by atoms with van der Waals surface area (Å²) >= 11 is 1.79. The number of rotatable bonds is 7. The Morgan fingerprint density at radius 1 is 1.29 bits per heavy atom. The molecule has 0 aliphatic rings. The Hall–Kier alpha value is -1.09. The molecule has 2 aromatic heterocycles. The summed E-state index contributed by atoms with van der Waals surface area (Å²) in [6, 6.07) is 4.25. The van der Waals surface area contributed by atoms with Crippen LogP contribution in [0.4, 0.5) is 0 Å². The molecule has 0 saturated carbocycles. The summed E-state index contributed by atoms with van der Waals surface area (Å²) in [5, 5.41) is 13.3. The predicted octanol–water partition coefficient (Wildman–Crippen LogP) is 3.06. The van der Waals surface area contributed by atoms with Crippen LogP contribution in [0.15, 0.2) is 22.5 Å². The molecule has 0 amide bonds. The lowest BCUT2D eigenvalue weighted by Crippen LogP contribution is -2.38. The van der Waals surface area contributed by atoms with Crippen molar-refractivity contribution in [3.63, 3.8) is 0 Å². The highest BCUT2D eigenvalue weighted by Gasteiger charge is 2.09. The number of aromatic nitrogens is 2. The van der Waals surface area contributed by atoms with Gasteiger partial charge in [0.2, 0.25) is 0 Å². The molecule has 0 atom stereocenters. The summed E-state index contributed by atoms with van der Waals surface area (Å²) in [6.07, 6.45) is 1.95. The van der Waals surface area contributed by atoms with Gasteiger partial charge in [0, 0.05) is 43.7 Å². The summed E-state index contributed by atoms with van der Waals surface area (Å²) in [5.74, 6) is 0.892. The van der Waals surface area contributed by atoms with E-state index in [-0.39, 0.29) is 24.0 Å². The van der Waals surface area contributed by atoms with Crippen molar-refractivity contribution in [2.45, 2.75) is 33.6 Å².